The van der Waals surface area contributed by atoms with E-state index < -0.39 is 0 Å². The second-order valence-electron chi connectivity index (χ2n) is 5.27. The first kappa shape index (κ1) is 12.0. The van der Waals surface area contributed by atoms with Crippen LogP contribution in [0.15, 0.2) is 60.7 Å². The summed E-state index contributed by atoms with van der Waals surface area (Å²) in [6.07, 6.45) is 6.42. The first-order valence-electron chi connectivity index (χ1n) is 6.76. The van der Waals surface area contributed by atoms with Crippen LogP contribution in [-0.4, -0.2) is 5.60 Å². The zero-order valence-corrected chi connectivity index (χ0v) is 11.2. The van der Waals surface area contributed by atoms with Gasteiger partial charge in [0.25, 0.3) is 0 Å². The third kappa shape index (κ3) is 2.70. The topological polar surface area (TPSA) is 9.23 Å². The zero-order chi connectivity index (χ0) is 13.1. The zero-order valence-electron chi connectivity index (χ0n) is 11.2. The molecule has 1 nitrogen and oxygen atoms in total. The number of hydrogen-bond donors (Lipinski definition) is 0. The molecule has 2 aromatic carbocycles. The Labute approximate surface area is 114 Å². The molecule has 0 saturated carbocycles. The van der Waals surface area contributed by atoms with E-state index in [1.54, 1.807) is 0 Å². The van der Waals surface area contributed by atoms with Crippen LogP contribution in [0, 0.1) is 0 Å². The van der Waals surface area contributed by atoms with Gasteiger partial charge in [-0.05, 0) is 43.0 Å². The first-order chi connectivity index (χ1) is 9.25. The van der Waals surface area contributed by atoms with Gasteiger partial charge in [0.1, 0.15) is 11.4 Å². The van der Waals surface area contributed by atoms with Gasteiger partial charge in [-0.2, -0.15) is 0 Å². The summed E-state index contributed by atoms with van der Waals surface area (Å²) in [6.45, 7) is 2.16. The molecule has 96 valence electrons. The molecule has 1 aliphatic rings. The highest BCUT2D eigenvalue weighted by Gasteiger charge is 2.28. The van der Waals surface area contributed by atoms with Crippen molar-refractivity contribution in [2.24, 2.45) is 0 Å². The van der Waals surface area contributed by atoms with Crippen LogP contribution in [-0.2, 0) is 6.42 Å². The maximum absolute atomic E-state index is 6.15. The first-order valence-corrected chi connectivity index (χ1v) is 6.76. The van der Waals surface area contributed by atoms with Crippen molar-refractivity contribution in [1.29, 1.82) is 0 Å². The van der Waals surface area contributed by atoms with Crippen LogP contribution >= 0.6 is 0 Å². The molecule has 1 heteroatoms. The molecular formula is C18H18O. The Morgan fingerprint density at radius 1 is 1.00 bits per heavy atom. The highest BCUT2D eigenvalue weighted by atomic mass is 16.5. The Bertz CT molecular complexity index is 586. The van der Waals surface area contributed by atoms with Crippen LogP contribution < -0.4 is 4.74 Å². The summed E-state index contributed by atoms with van der Waals surface area (Å²) in [6, 6.07) is 18.7. The van der Waals surface area contributed by atoms with Crippen molar-refractivity contribution >= 4 is 6.08 Å². The fourth-order valence-corrected chi connectivity index (χ4v) is 2.45. The number of para-hydroxylation sites is 1. The van der Waals surface area contributed by atoms with Gasteiger partial charge < -0.3 is 4.74 Å². The van der Waals surface area contributed by atoms with Gasteiger partial charge in [0.05, 0.1) is 0 Å². The largest absolute Gasteiger partial charge is 0.483 e. The molecule has 0 N–H and O–H groups in total. The standard InChI is InChI=1S/C18H18O/c1-18(13-11-15-7-3-2-4-8-15)14-12-16-9-5-6-10-17(16)19-18/h2-11,13H,12,14H2,1H3/b13-11+. The quantitative estimate of drug-likeness (QED) is 0.763. The summed E-state index contributed by atoms with van der Waals surface area (Å²) in [5, 5.41) is 0. The second-order valence-corrected chi connectivity index (χ2v) is 5.27. The van der Waals surface area contributed by atoms with E-state index in [2.05, 4.69) is 61.5 Å². The Hall–Kier alpha value is -2.02. The molecule has 0 spiro atoms. The van der Waals surface area contributed by atoms with Crippen molar-refractivity contribution in [3.63, 3.8) is 0 Å². The van der Waals surface area contributed by atoms with Crippen LogP contribution in [0.25, 0.3) is 6.08 Å². The van der Waals surface area contributed by atoms with Gasteiger partial charge in [-0.25, -0.2) is 0 Å². The molecule has 1 heterocycles. The van der Waals surface area contributed by atoms with Gasteiger partial charge in [-0.3, -0.25) is 0 Å². The number of hydrogen-bond acceptors (Lipinski definition) is 1. The van der Waals surface area contributed by atoms with Crippen molar-refractivity contribution in [1.82, 2.24) is 0 Å². The molecule has 0 aromatic heterocycles. The normalized spacial score (nSPS) is 21.9. The van der Waals surface area contributed by atoms with Crippen molar-refractivity contribution in [3.8, 4) is 5.75 Å². The van der Waals surface area contributed by atoms with Crippen LogP contribution in [0.1, 0.15) is 24.5 Å². The van der Waals surface area contributed by atoms with Crippen LogP contribution in [0.5, 0.6) is 5.75 Å². The fourth-order valence-electron chi connectivity index (χ4n) is 2.45. The summed E-state index contributed by atoms with van der Waals surface area (Å²) in [5.41, 5.74) is 2.32. The molecule has 1 aliphatic heterocycles. The molecule has 3 rings (SSSR count). The summed E-state index contributed by atoms with van der Waals surface area (Å²) in [7, 11) is 0. The molecule has 19 heavy (non-hydrogen) atoms. The van der Waals surface area contributed by atoms with Crippen LogP contribution in [0.3, 0.4) is 0 Å². The smallest absolute Gasteiger partial charge is 0.125 e. The van der Waals surface area contributed by atoms with E-state index in [0.29, 0.717) is 0 Å². The summed E-state index contributed by atoms with van der Waals surface area (Å²) < 4.78 is 6.15. The summed E-state index contributed by atoms with van der Waals surface area (Å²) >= 11 is 0. The maximum Gasteiger partial charge on any atom is 0.125 e. The highest BCUT2D eigenvalue weighted by Crippen LogP contribution is 2.33. The van der Waals surface area contributed by atoms with E-state index in [9.17, 15) is 0 Å². The molecule has 0 aliphatic carbocycles. The van der Waals surface area contributed by atoms with E-state index in [1.165, 1.54) is 11.1 Å². The lowest BCUT2D eigenvalue weighted by atomic mass is 9.92. The number of fused-ring (bicyclic) bond motifs is 1. The predicted octanol–water partition coefficient (Wildman–Crippen LogP) is 4.48. The minimum absolute atomic E-state index is 0.204. The van der Waals surface area contributed by atoms with Crippen LogP contribution in [0.4, 0.5) is 0 Å². The van der Waals surface area contributed by atoms with Gasteiger partial charge in [0, 0.05) is 0 Å². The van der Waals surface area contributed by atoms with Crippen molar-refractivity contribution < 1.29 is 4.74 Å². The van der Waals surface area contributed by atoms with Crippen molar-refractivity contribution in [2.75, 3.05) is 0 Å². The monoisotopic (exact) mass is 250 g/mol. The molecule has 0 bridgehead atoms. The molecular weight excluding hydrogens is 232 g/mol. The lowest BCUT2D eigenvalue weighted by Crippen LogP contribution is -2.33. The van der Waals surface area contributed by atoms with Gasteiger partial charge in [-0.1, -0.05) is 54.6 Å². The molecule has 1 atom stereocenters. The van der Waals surface area contributed by atoms with Crippen LogP contribution in [0.2, 0.25) is 0 Å². The Balaban J connectivity index is 1.81. The van der Waals surface area contributed by atoms with Gasteiger partial charge in [0.2, 0.25) is 0 Å². The Morgan fingerprint density at radius 3 is 2.58 bits per heavy atom. The number of ether oxygens (including phenoxy) is 1. The van der Waals surface area contributed by atoms with Crippen molar-refractivity contribution in [2.45, 2.75) is 25.4 Å². The molecule has 0 amide bonds. The molecule has 2 aromatic rings. The highest BCUT2D eigenvalue weighted by molar-refractivity contribution is 5.51. The van der Waals surface area contributed by atoms with E-state index in [1.807, 2.05) is 12.1 Å². The SMILES string of the molecule is CC1(/C=C/c2ccccc2)CCc2ccccc2O1. The lowest BCUT2D eigenvalue weighted by molar-refractivity contribution is 0.115. The summed E-state index contributed by atoms with van der Waals surface area (Å²) in [4.78, 5) is 0. The minimum atomic E-state index is -0.204. The Morgan fingerprint density at radius 2 is 1.74 bits per heavy atom. The van der Waals surface area contributed by atoms with E-state index in [4.69, 9.17) is 4.74 Å². The van der Waals surface area contributed by atoms with Crippen molar-refractivity contribution in [3.05, 3.63) is 71.8 Å². The molecule has 0 saturated heterocycles. The van der Waals surface area contributed by atoms with E-state index >= 15 is 0 Å². The minimum Gasteiger partial charge on any atom is -0.483 e. The third-order valence-electron chi connectivity index (χ3n) is 3.63. The van der Waals surface area contributed by atoms with Gasteiger partial charge >= 0.3 is 0 Å². The summed E-state index contributed by atoms with van der Waals surface area (Å²) in [5.74, 6) is 1.02. The van der Waals surface area contributed by atoms with E-state index in [-0.39, 0.29) is 5.60 Å². The van der Waals surface area contributed by atoms with Gasteiger partial charge in [-0.15, -0.1) is 0 Å². The number of rotatable bonds is 2. The second kappa shape index (κ2) is 4.93. The maximum atomic E-state index is 6.15. The predicted molar refractivity (Wildman–Crippen MR) is 79.3 cm³/mol. The third-order valence-corrected chi connectivity index (χ3v) is 3.63. The average Bonchev–Trinajstić information content (AvgIpc) is 2.46. The number of benzene rings is 2. The number of aryl methyl sites for hydroxylation is 1. The molecule has 0 fully saturated rings. The molecule has 1 unspecified atom stereocenters. The lowest BCUT2D eigenvalue weighted by Gasteiger charge is -2.33. The van der Waals surface area contributed by atoms with E-state index in [0.717, 1.165) is 18.6 Å². The average molecular weight is 250 g/mol. The Kier molecular flexibility index (Phi) is 3.12. The van der Waals surface area contributed by atoms with Gasteiger partial charge in [0.15, 0.2) is 0 Å². The molecule has 0 radical (unpaired) electrons. The fraction of sp³-hybridized carbons (Fsp3) is 0.222.